The number of benzene rings is 10. The van der Waals surface area contributed by atoms with Crippen molar-refractivity contribution in [2.24, 2.45) is 0 Å². The van der Waals surface area contributed by atoms with Gasteiger partial charge >= 0.3 is 0 Å². The molecule has 344 valence electrons. The van der Waals surface area contributed by atoms with Gasteiger partial charge in [0.05, 0.1) is 0 Å². The number of hydrogen-bond acceptors (Lipinski definition) is 3. The molecule has 0 radical (unpaired) electrons. The Kier molecular flexibility index (Phi) is 8.26. The van der Waals surface area contributed by atoms with Gasteiger partial charge < -0.3 is 13.7 Å². The predicted molar refractivity (Wildman–Crippen MR) is 299 cm³/mol. The van der Waals surface area contributed by atoms with Crippen LogP contribution in [0.4, 0.5) is 17.1 Å². The first-order valence-corrected chi connectivity index (χ1v) is 25.4. The van der Waals surface area contributed by atoms with E-state index >= 15 is 0 Å². The Morgan fingerprint density at radius 2 is 0.819 bits per heavy atom. The lowest BCUT2D eigenvalue weighted by Crippen LogP contribution is -2.24. The van der Waals surface area contributed by atoms with Crippen molar-refractivity contribution >= 4 is 60.9 Å². The van der Waals surface area contributed by atoms with E-state index in [0.29, 0.717) is 0 Å². The van der Waals surface area contributed by atoms with Crippen molar-refractivity contribution in [3.63, 3.8) is 0 Å². The van der Waals surface area contributed by atoms with E-state index in [1.807, 2.05) is 0 Å². The van der Waals surface area contributed by atoms with Crippen LogP contribution in [0.3, 0.4) is 0 Å². The Balaban J connectivity index is 0.961. The summed E-state index contributed by atoms with van der Waals surface area (Å²) in [5.41, 5.74) is 26.6. The van der Waals surface area contributed by atoms with Crippen LogP contribution in [-0.4, -0.2) is 0 Å². The van der Waals surface area contributed by atoms with E-state index in [2.05, 4.69) is 247 Å². The van der Waals surface area contributed by atoms with E-state index in [9.17, 15) is 0 Å². The number of nitrogens with zero attached hydrogens (tertiary/aromatic N) is 1. The van der Waals surface area contributed by atoms with Crippen LogP contribution in [0, 0.1) is 0 Å². The van der Waals surface area contributed by atoms with E-state index in [1.165, 1.54) is 94.0 Å². The van der Waals surface area contributed by atoms with Crippen molar-refractivity contribution in [2.45, 2.75) is 57.8 Å². The summed E-state index contributed by atoms with van der Waals surface area (Å²) in [6, 6.07) is 73.5. The molecule has 0 saturated carbocycles. The molecule has 0 fully saturated rings. The molecule has 15 rings (SSSR count). The first-order valence-electron chi connectivity index (χ1n) is 25.4. The highest BCUT2D eigenvalue weighted by molar-refractivity contribution is 6.21. The summed E-state index contributed by atoms with van der Waals surface area (Å²) in [6.45, 7) is 14.5. The Morgan fingerprint density at radius 1 is 0.319 bits per heavy atom. The van der Waals surface area contributed by atoms with Crippen molar-refractivity contribution in [1.29, 1.82) is 0 Å². The predicted octanol–water partition coefficient (Wildman–Crippen LogP) is 19.2. The molecule has 0 unspecified atom stereocenters. The van der Waals surface area contributed by atoms with E-state index in [0.717, 1.165) is 55.9 Å². The molecule has 0 aliphatic heterocycles. The van der Waals surface area contributed by atoms with Crippen LogP contribution in [0.5, 0.6) is 0 Å². The first kappa shape index (κ1) is 41.4. The van der Waals surface area contributed by atoms with Crippen LogP contribution in [0.15, 0.2) is 209 Å². The van der Waals surface area contributed by atoms with Crippen molar-refractivity contribution in [1.82, 2.24) is 0 Å². The third-order valence-electron chi connectivity index (χ3n) is 17.0. The molecule has 72 heavy (non-hydrogen) atoms. The molecule has 2 heterocycles. The standard InChI is InChI=1S/C69H51NO2/c1-67(2)53-37-44(32-34-47(53)58-55(67)39-51(41-22-11-8-12-23-41)65-60(58)49-27-14-17-30-56(49)71-65)70(43-25-19-24-42(36-43)40-20-9-7-10-21-40)45-33-35-48-54(38-45)69(5,6)64-62(48)66-61(50-28-15-18-31-57(50)72-66)59-46-26-13-16-29-52(46)68(3,4)63(59)64/h7-39H,1-6H3. The van der Waals surface area contributed by atoms with E-state index < -0.39 is 0 Å². The lowest BCUT2D eigenvalue weighted by atomic mass is 9.72. The summed E-state index contributed by atoms with van der Waals surface area (Å²) >= 11 is 0. The Morgan fingerprint density at radius 3 is 1.51 bits per heavy atom. The molecule has 0 spiro atoms. The number of furan rings is 2. The van der Waals surface area contributed by atoms with Gasteiger partial charge in [0.1, 0.15) is 22.3 Å². The lowest BCUT2D eigenvalue weighted by Gasteiger charge is -2.32. The van der Waals surface area contributed by atoms with Crippen molar-refractivity contribution in [3.05, 3.63) is 234 Å². The maximum absolute atomic E-state index is 7.08. The average molecular weight is 926 g/mol. The highest BCUT2D eigenvalue weighted by atomic mass is 16.3. The normalized spacial score (nSPS) is 15.1. The molecule has 0 bridgehead atoms. The molecule has 0 N–H and O–H groups in total. The van der Waals surface area contributed by atoms with Gasteiger partial charge in [0, 0.05) is 66.0 Å². The van der Waals surface area contributed by atoms with Crippen LogP contribution in [0.2, 0.25) is 0 Å². The zero-order valence-electron chi connectivity index (χ0n) is 41.3. The molecule has 12 aromatic rings. The second-order valence-corrected chi connectivity index (χ2v) is 21.9. The monoisotopic (exact) mass is 925 g/mol. The van der Waals surface area contributed by atoms with Gasteiger partial charge in [-0.2, -0.15) is 0 Å². The van der Waals surface area contributed by atoms with Crippen LogP contribution in [0.1, 0.15) is 74.9 Å². The smallest absolute Gasteiger partial charge is 0.144 e. The molecule has 0 amide bonds. The molecule has 2 aromatic heterocycles. The molecule has 3 aliphatic rings. The topological polar surface area (TPSA) is 29.5 Å². The number of hydrogen-bond donors (Lipinski definition) is 0. The van der Waals surface area contributed by atoms with Crippen LogP contribution in [-0.2, 0) is 16.2 Å². The second kappa shape index (κ2) is 14.4. The van der Waals surface area contributed by atoms with Crippen molar-refractivity contribution < 1.29 is 8.83 Å². The second-order valence-electron chi connectivity index (χ2n) is 21.9. The van der Waals surface area contributed by atoms with Gasteiger partial charge in [0.15, 0.2) is 0 Å². The third kappa shape index (κ3) is 5.40. The Bertz CT molecular complexity index is 4300. The zero-order valence-corrected chi connectivity index (χ0v) is 41.3. The largest absolute Gasteiger partial charge is 0.455 e. The highest BCUT2D eigenvalue weighted by Crippen LogP contribution is 2.64. The molecule has 3 nitrogen and oxygen atoms in total. The fourth-order valence-corrected chi connectivity index (χ4v) is 13.6. The van der Waals surface area contributed by atoms with Gasteiger partial charge in [0.2, 0.25) is 0 Å². The van der Waals surface area contributed by atoms with Crippen molar-refractivity contribution in [3.8, 4) is 55.6 Å². The first-order chi connectivity index (χ1) is 35.0. The third-order valence-corrected chi connectivity index (χ3v) is 17.0. The highest BCUT2D eigenvalue weighted by Gasteiger charge is 2.49. The lowest BCUT2D eigenvalue weighted by molar-refractivity contribution is 0.600. The molecule has 3 aliphatic carbocycles. The van der Waals surface area contributed by atoms with Crippen LogP contribution in [0.25, 0.3) is 99.5 Å². The van der Waals surface area contributed by atoms with E-state index in [4.69, 9.17) is 8.83 Å². The number of anilines is 3. The maximum atomic E-state index is 7.08. The molecular weight excluding hydrogens is 875 g/mol. The number of fused-ring (bicyclic) bond motifs is 19. The fraction of sp³-hybridized carbons (Fsp3) is 0.130. The summed E-state index contributed by atoms with van der Waals surface area (Å²) in [4.78, 5) is 2.49. The van der Waals surface area contributed by atoms with Gasteiger partial charge in [-0.05, 0) is 132 Å². The zero-order chi connectivity index (χ0) is 48.4. The minimum atomic E-state index is -0.356. The summed E-state index contributed by atoms with van der Waals surface area (Å²) in [6.07, 6.45) is 0. The summed E-state index contributed by atoms with van der Waals surface area (Å²) in [7, 11) is 0. The van der Waals surface area contributed by atoms with Crippen molar-refractivity contribution in [2.75, 3.05) is 4.90 Å². The molecule has 0 saturated heterocycles. The van der Waals surface area contributed by atoms with Gasteiger partial charge in [-0.25, -0.2) is 0 Å². The summed E-state index contributed by atoms with van der Waals surface area (Å²) in [5.74, 6) is 0. The maximum Gasteiger partial charge on any atom is 0.144 e. The van der Waals surface area contributed by atoms with Gasteiger partial charge in [0.25, 0.3) is 0 Å². The Labute approximate surface area is 419 Å². The number of rotatable bonds is 5. The SMILES string of the molecule is CC1(C)c2cc(N(c3cccc(-c4ccccc4)c3)c3ccc4c(c3)C(C)(C)c3c5c(c6c(oc7ccccc76)c3-4)-c3ccccc3C5(C)C)ccc2-c2c1cc(-c1ccccc1)c1oc3ccccc3c21. The quantitative estimate of drug-likeness (QED) is 0.172. The van der Waals surface area contributed by atoms with Crippen LogP contribution < -0.4 is 4.90 Å². The average Bonchev–Trinajstić information content (AvgIpc) is 4.16. The van der Waals surface area contributed by atoms with Gasteiger partial charge in [-0.1, -0.05) is 187 Å². The van der Waals surface area contributed by atoms with Gasteiger partial charge in [-0.3, -0.25) is 0 Å². The van der Waals surface area contributed by atoms with Crippen LogP contribution >= 0.6 is 0 Å². The molecule has 10 aromatic carbocycles. The van der Waals surface area contributed by atoms with E-state index in [-0.39, 0.29) is 16.2 Å². The molecular formula is C69H51NO2. The minimum Gasteiger partial charge on any atom is -0.455 e. The minimum absolute atomic E-state index is 0.223. The van der Waals surface area contributed by atoms with E-state index in [1.54, 1.807) is 0 Å². The molecule has 3 heteroatoms. The summed E-state index contributed by atoms with van der Waals surface area (Å²) < 4.78 is 13.9. The van der Waals surface area contributed by atoms with Gasteiger partial charge in [-0.15, -0.1) is 0 Å². The fourth-order valence-electron chi connectivity index (χ4n) is 13.6. The molecule has 0 atom stereocenters. The number of para-hydroxylation sites is 2. The Hall–Kier alpha value is -8.40. The summed E-state index contributed by atoms with van der Waals surface area (Å²) in [5, 5.41) is 4.73.